The SMILES string of the molecule is O=C(O)c1cccc(CSc2nc3c(c(=O)[nH]2)CCCC3)c1. The number of carboxylic acids is 1. The highest BCUT2D eigenvalue weighted by Crippen LogP contribution is 2.22. The van der Waals surface area contributed by atoms with Crippen LogP contribution in [0.4, 0.5) is 0 Å². The molecule has 0 unspecified atom stereocenters. The molecule has 0 radical (unpaired) electrons. The van der Waals surface area contributed by atoms with Gasteiger partial charge in [-0.25, -0.2) is 9.78 Å². The van der Waals surface area contributed by atoms with Gasteiger partial charge in [0.05, 0.1) is 11.3 Å². The van der Waals surface area contributed by atoms with Crippen molar-refractivity contribution in [1.29, 1.82) is 0 Å². The van der Waals surface area contributed by atoms with Crippen molar-refractivity contribution in [2.75, 3.05) is 0 Å². The highest BCUT2D eigenvalue weighted by Gasteiger charge is 2.15. The standard InChI is InChI=1S/C16H16N2O3S/c19-14-12-6-1-2-7-13(12)17-16(18-14)22-9-10-4-3-5-11(8-10)15(20)21/h3-5,8H,1-2,6-7,9H2,(H,20,21)(H,17,18,19). The summed E-state index contributed by atoms with van der Waals surface area (Å²) in [7, 11) is 0. The van der Waals surface area contributed by atoms with Crippen LogP contribution in [0.1, 0.15) is 40.0 Å². The number of carbonyl (C=O) groups is 1. The maximum atomic E-state index is 12.1. The van der Waals surface area contributed by atoms with E-state index in [9.17, 15) is 9.59 Å². The Balaban J connectivity index is 1.77. The lowest BCUT2D eigenvalue weighted by Gasteiger charge is -2.14. The van der Waals surface area contributed by atoms with Gasteiger partial charge in [0.15, 0.2) is 5.16 Å². The number of rotatable bonds is 4. The minimum absolute atomic E-state index is 0.0357. The van der Waals surface area contributed by atoms with E-state index in [0.717, 1.165) is 42.5 Å². The van der Waals surface area contributed by atoms with Crippen LogP contribution in [0.5, 0.6) is 0 Å². The maximum absolute atomic E-state index is 12.1. The van der Waals surface area contributed by atoms with Gasteiger partial charge in [0.1, 0.15) is 0 Å². The van der Waals surface area contributed by atoms with Crippen LogP contribution in [0, 0.1) is 0 Å². The smallest absolute Gasteiger partial charge is 0.335 e. The second-order valence-corrected chi connectivity index (χ2v) is 6.26. The van der Waals surface area contributed by atoms with Gasteiger partial charge in [-0.3, -0.25) is 4.79 Å². The Labute approximate surface area is 131 Å². The molecule has 1 heterocycles. The molecular formula is C16H16N2O3S. The summed E-state index contributed by atoms with van der Waals surface area (Å²) in [5.74, 6) is -0.366. The van der Waals surface area contributed by atoms with Gasteiger partial charge in [-0.2, -0.15) is 0 Å². The number of hydrogen-bond donors (Lipinski definition) is 2. The van der Waals surface area contributed by atoms with Crippen molar-refractivity contribution in [1.82, 2.24) is 9.97 Å². The van der Waals surface area contributed by atoms with Crippen molar-refractivity contribution >= 4 is 17.7 Å². The van der Waals surface area contributed by atoms with Crippen molar-refractivity contribution < 1.29 is 9.90 Å². The van der Waals surface area contributed by atoms with E-state index in [1.165, 1.54) is 11.8 Å². The van der Waals surface area contributed by atoms with Crippen molar-refractivity contribution in [3.63, 3.8) is 0 Å². The predicted molar refractivity (Wildman–Crippen MR) is 84.5 cm³/mol. The predicted octanol–water partition coefficient (Wildman–Crippen LogP) is 2.64. The molecule has 0 aliphatic heterocycles. The van der Waals surface area contributed by atoms with E-state index in [2.05, 4.69) is 9.97 Å². The van der Waals surface area contributed by atoms with Gasteiger partial charge in [0.25, 0.3) is 5.56 Å². The van der Waals surface area contributed by atoms with Crippen LogP contribution in [0.2, 0.25) is 0 Å². The first-order valence-electron chi connectivity index (χ1n) is 7.20. The molecule has 0 bridgehead atoms. The van der Waals surface area contributed by atoms with Gasteiger partial charge in [-0.05, 0) is 43.4 Å². The van der Waals surface area contributed by atoms with E-state index in [1.54, 1.807) is 18.2 Å². The number of aryl methyl sites for hydroxylation is 1. The summed E-state index contributed by atoms with van der Waals surface area (Å²) in [6, 6.07) is 6.81. The van der Waals surface area contributed by atoms with Gasteiger partial charge in [0.2, 0.25) is 0 Å². The number of H-pyrrole nitrogens is 1. The number of benzene rings is 1. The minimum atomic E-state index is -0.938. The third kappa shape index (κ3) is 3.22. The number of carboxylic acid groups (broad SMARTS) is 1. The Bertz CT molecular complexity index is 770. The van der Waals surface area contributed by atoms with Gasteiger partial charge >= 0.3 is 5.97 Å². The lowest BCUT2D eigenvalue weighted by atomic mass is 9.97. The van der Waals surface area contributed by atoms with Crippen LogP contribution in [0.15, 0.2) is 34.2 Å². The van der Waals surface area contributed by atoms with Crippen LogP contribution in [0.3, 0.4) is 0 Å². The van der Waals surface area contributed by atoms with Crippen LogP contribution in [-0.4, -0.2) is 21.0 Å². The summed E-state index contributed by atoms with van der Waals surface area (Å²) in [6.07, 6.45) is 3.80. The topological polar surface area (TPSA) is 83.0 Å². The summed E-state index contributed by atoms with van der Waals surface area (Å²) >= 11 is 1.42. The number of nitrogens with one attached hydrogen (secondary N) is 1. The lowest BCUT2D eigenvalue weighted by molar-refractivity contribution is 0.0697. The molecule has 3 rings (SSSR count). The number of aromatic amines is 1. The van der Waals surface area contributed by atoms with E-state index in [0.29, 0.717) is 10.9 Å². The van der Waals surface area contributed by atoms with Crippen LogP contribution >= 0.6 is 11.8 Å². The molecule has 0 fully saturated rings. The summed E-state index contributed by atoms with van der Waals surface area (Å²) in [5, 5.41) is 9.60. The zero-order chi connectivity index (χ0) is 15.5. The van der Waals surface area contributed by atoms with Crippen molar-refractivity contribution in [3.8, 4) is 0 Å². The van der Waals surface area contributed by atoms with Crippen molar-refractivity contribution in [2.45, 2.75) is 36.6 Å². The number of aromatic nitrogens is 2. The highest BCUT2D eigenvalue weighted by molar-refractivity contribution is 7.98. The van der Waals surface area contributed by atoms with E-state index in [-0.39, 0.29) is 11.1 Å². The lowest BCUT2D eigenvalue weighted by Crippen LogP contribution is -2.21. The maximum Gasteiger partial charge on any atom is 0.335 e. The van der Waals surface area contributed by atoms with Gasteiger partial charge < -0.3 is 10.1 Å². The Hall–Kier alpha value is -2.08. The summed E-state index contributed by atoms with van der Waals surface area (Å²) < 4.78 is 0. The Kier molecular flexibility index (Phi) is 4.29. The number of hydrogen-bond acceptors (Lipinski definition) is 4. The Morgan fingerprint density at radius 3 is 2.95 bits per heavy atom. The first-order valence-corrected chi connectivity index (χ1v) is 8.19. The third-order valence-electron chi connectivity index (χ3n) is 3.72. The molecule has 0 amide bonds. The molecule has 2 N–H and O–H groups in total. The molecule has 1 aromatic carbocycles. The monoisotopic (exact) mass is 316 g/mol. The van der Waals surface area contributed by atoms with E-state index in [1.807, 2.05) is 6.07 Å². The fourth-order valence-electron chi connectivity index (χ4n) is 2.59. The van der Waals surface area contributed by atoms with Crippen molar-refractivity contribution in [2.24, 2.45) is 0 Å². The van der Waals surface area contributed by atoms with Crippen molar-refractivity contribution in [3.05, 3.63) is 57.0 Å². The Morgan fingerprint density at radius 1 is 1.32 bits per heavy atom. The molecule has 0 spiro atoms. The second-order valence-electron chi connectivity index (χ2n) is 5.30. The van der Waals surface area contributed by atoms with Crippen LogP contribution < -0.4 is 5.56 Å². The molecule has 6 heteroatoms. The number of thioether (sulfide) groups is 1. The zero-order valence-corrected chi connectivity index (χ0v) is 12.8. The van der Waals surface area contributed by atoms with Gasteiger partial charge in [-0.15, -0.1) is 0 Å². The molecule has 5 nitrogen and oxygen atoms in total. The molecule has 2 aromatic rings. The molecule has 22 heavy (non-hydrogen) atoms. The third-order valence-corrected chi connectivity index (χ3v) is 4.66. The molecule has 0 atom stereocenters. The average Bonchev–Trinajstić information content (AvgIpc) is 2.53. The number of fused-ring (bicyclic) bond motifs is 1. The van der Waals surface area contributed by atoms with E-state index < -0.39 is 5.97 Å². The summed E-state index contributed by atoms with van der Waals surface area (Å²) in [5.41, 5.74) is 2.86. The number of aromatic carboxylic acids is 1. The molecule has 1 aromatic heterocycles. The minimum Gasteiger partial charge on any atom is -0.478 e. The molecule has 1 aliphatic rings. The Morgan fingerprint density at radius 2 is 2.14 bits per heavy atom. The second kappa shape index (κ2) is 6.36. The van der Waals surface area contributed by atoms with E-state index in [4.69, 9.17) is 5.11 Å². The molecule has 1 aliphatic carbocycles. The summed E-state index contributed by atoms with van der Waals surface area (Å²) in [6.45, 7) is 0. The van der Waals surface area contributed by atoms with Crippen LogP contribution in [-0.2, 0) is 18.6 Å². The summed E-state index contributed by atoms with van der Waals surface area (Å²) in [4.78, 5) is 30.4. The zero-order valence-electron chi connectivity index (χ0n) is 12.0. The highest BCUT2D eigenvalue weighted by atomic mass is 32.2. The van der Waals surface area contributed by atoms with E-state index >= 15 is 0 Å². The first-order chi connectivity index (χ1) is 10.6. The molecule has 114 valence electrons. The molecule has 0 saturated heterocycles. The molecular weight excluding hydrogens is 300 g/mol. The quantitative estimate of drug-likeness (QED) is 0.669. The largest absolute Gasteiger partial charge is 0.478 e. The normalized spacial score (nSPS) is 13.6. The molecule has 0 saturated carbocycles. The first kappa shape index (κ1) is 14.8. The number of nitrogens with zero attached hydrogens (tertiary/aromatic N) is 1. The van der Waals surface area contributed by atoms with Gasteiger partial charge in [0, 0.05) is 11.3 Å². The van der Waals surface area contributed by atoms with Crippen LogP contribution in [0.25, 0.3) is 0 Å². The average molecular weight is 316 g/mol. The van der Waals surface area contributed by atoms with Gasteiger partial charge in [-0.1, -0.05) is 23.9 Å². The fourth-order valence-corrected chi connectivity index (χ4v) is 3.42. The fraction of sp³-hybridized carbons (Fsp3) is 0.312.